The van der Waals surface area contributed by atoms with Crippen LogP contribution in [0.25, 0.3) is 0 Å². The normalized spacial score (nSPS) is 15.7. The molecular weight excluding hydrogens is 142 g/mol. The van der Waals surface area contributed by atoms with Gasteiger partial charge in [-0.2, -0.15) is 0 Å². The second kappa shape index (κ2) is 3.53. The van der Waals surface area contributed by atoms with Crippen molar-refractivity contribution in [2.45, 2.75) is 26.5 Å². The maximum Gasteiger partial charge on any atom is 0.331 e. The van der Waals surface area contributed by atoms with Crippen molar-refractivity contribution in [2.24, 2.45) is 11.7 Å². The van der Waals surface area contributed by atoms with Crippen molar-refractivity contribution in [1.29, 1.82) is 0 Å². The molecule has 0 saturated carbocycles. The highest BCUT2D eigenvalue weighted by atomic mass is 16.6. The zero-order valence-corrected chi connectivity index (χ0v) is 7.26. The van der Waals surface area contributed by atoms with Gasteiger partial charge in [-0.15, -0.1) is 0 Å². The second-order valence-corrected chi connectivity index (χ2v) is 2.96. The summed E-state index contributed by atoms with van der Waals surface area (Å²) in [6.07, 6.45) is 1.10. The van der Waals surface area contributed by atoms with E-state index >= 15 is 0 Å². The molecule has 1 atom stereocenters. The minimum Gasteiger partial charge on any atom is -0.441 e. The van der Waals surface area contributed by atoms with Gasteiger partial charge in [0.25, 0.3) is 0 Å². The molecule has 0 aromatic heterocycles. The largest absolute Gasteiger partial charge is 0.441 e. The van der Waals surface area contributed by atoms with Crippen LogP contribution in [0.4, 0.5) is 0 Å². The van der Waals surface area contributed by atoms with E-state index in [0.29, 0.717) is 0 Å². The molecule has 0 heterocycles. The van der Waals surface area contributed by atoms with Gasteiger partial charge < -0.3 is 4.74 Å². The summed E-state index contributed by atoms with van der Waals surface area (Å²) in [5, 5.41) is 0. The van der Waals surface area contributed by atoms with Crippen molar-refractivity contribution in [3.63, 3.8) is 0 Å². The molecule has 64 valence electrons. The van der Waals surface area contributed by atoms with Crippen LogP contribution in [-0.4, -0.2) is 11.7 Å². The van der Waals surface area contributed by atoms with Gasteiger partial charge in [0.2, 0.25) is 0 Å². The van der Waals surface area contributed by atoms with Crippen molar-refractivity contribution < 1.29 is 9.53 Å². The first-order valence-electron chi connectivity index (χ1n) is 3.54. The topological polar surface area (TPSA) is 52.3 Å². The minimum atomic E-state index is -0.898. The van der Waals surface area contributed by atoms with E-state index in [0.717, 1.165) is 6.08 Å². The first kappa shape index (κ1) is 10.2. The quantitative estimate of drug-likeness (QED) is 0.378. The van der Waals surface area contributed by atoms with Gasteiger partial charge in [-0.1, -0.05) is 20.4 Å². The number of nitrogens with two attached hydrogens (primary N) is 1. The highest BCUT2D eigenvalue weighted by Gasteiger charge is 2.26. The Hall–Kier alpha value is -0.830. The van der Waals surface area contributed by atoms with Gasteiger partial charge >= 0.3 is 5.97 Å². The maximum atomic E-state index is 10.7. The lowest BCUT2D eigenvalue weighted by Crippen LogP contribution is -2.45. The Labute approximate surface area is 67.2 Å². The monoisotopic (exact) mass is 157 g/mol. The summed E-state index contributed by atoms with van der Waals surface area (Å²) in [4.78, 5) is 10.7. The van der Waals surface area contributed by atoms with Gasteiger partial charge in [0.05, 0.1) is 0 Å². The summed E-state index contributed by atoms with van der Waals surface area (Å²) in [5.41, 5.74) is 4.75. The van der Waals surface area contributed by atoms with Crippen LogP contribution in [0.15, 0.2) is 12.7 Å². The van der Waals surface area contributed by atoms with Crippen LogP contribution in [0.2, 0.25) is 0 Å². The molecule has 0 aromatic carbocycles. The van der Waals surface area contributed by atoms with Crippen LogP contribution < -0.4 is 5.73 Å². The average Bonchev–Trinajstić information content (AvgIpc) is 1.86. The Kier molecular flexibility index (Phi) is 3.26. The van der Waals surface area contributed by atoms with E-state index in [1.165, 1.54) is 0 Å². The van der Waals surface area contributed by atoms with Crippen LogP contribution in [0.3, 0.4) is 0 Å². The van der Waals surface area contributed by atoms with Gasteiger partial charge in [-0.3, -0.25) is 5.73 Å². The van der Waals surface area contributed by atoms with Crippen molar-refractivity contribution >= 4 is 5.97 Å². The zero-order chi connectivity index (χ0) is 9.07. The van der Waals surface area contributed by atoms with Gasteiger partial charge in [0, 0.05) is 12.0 Å². The predicted molar refractivity (Wildman–Crippen MR) is 43.7 cm³/mol. The summed E-state index contributed by atoms with van der Waals surface area (Å²) in [6, 6.07) is 0. The number of esters is 1. The second-order valence-electron chi connectivity index (χ2n) is 2.96. The SMILES string of the molecule is C=CC(=O)OC(C)(N)C(C)C. The summed E-state index contributed by atoms with van der Waals surface area (Å²) in [6.45, 7) is 8.71. The molecule has 0 radical (unpaired) electrons. The third-order valence-corrected chi connectivity index (χ3v) is 1.63. The van der Waals surface area contributed by atoms with E-state index in [4.69, 9.17) is 10.5 Å². The Morgan fingerprint density at radius 2 is 2.18 bits per heavy atom. The van der Waals surface area contributed by atoms with Gasteiger partial charge in [-0.25, -0.2) is 4.79 Å². The first-order chi connectivity index (χ1) is 4.90. The van der Waals surface area contributed by atoms with E-state index < -0.39 is 11.7 Å². The van der Waals surface area contributed by atoms with Crippen molar-refractivity contribution in [3.8, 4) is 0 Å². The zero-order valence-electron chi connectivity index (χ0n) is 7.26. The van der Waals surface area contributed by atoms with Crippen molar-refractivity contribution in [2.75, 3.05) is 0 Å². The lowest BCUT2D eigenvalue weighted by Gasteiger charge is -2.27. The molecule has 11 heavy (non-hydrogen) atoms. The molecule has 0 aliphatic rings. The molecule has 0 aliphatic heterocycles. The number of hydrogen-bond acceptors (Lipinski definition) is 3. The van der Waals surface area contributed by atoms with Crippen LogP contribution in [0, 0.1) is 5.92 Å². The lowest BCUT2D eigenvalue weighted by molar-refractivity contribution is -0.155. The number of hydrogen-bond donors (Lipinski definition) is 1. The van der Waals surface area contributed by atoms with E-state index in [1.54, 1.807) is 6.92 Å². The first-order valence-corrected chi connectivity index (χ1v) is 3.54. The maximum absolute atomic E-state index is 10.7. The van der Waals surface area contributed by atoms with E-state index in [-0.39, 0.29) is 5.92 Å². The summed E-state index contributed by atoms with van der Waals surface area (Å²) in [7, 11) is 0. The molecular formula is C8H15NO2. The molecule has 0 aromatic rings. The minimum absolute atomic E-state index is 0.0893. The number of rotatable bonds is 3. The lowest BCUT2D eigenvalue weighted by atomic mass is 10.0. The van der Waals surface area contributed by atoms with Gasteiger partial charge in [0.1, 0.15) is 0 Å². The van der Waals surface area contributed by atoms with E-state index in [2.05, 4.69) is 6.58 Å². The molecule has 0 aliphatic carbocycles. The Morgan fingerprint density at radius 1 is 1.73 bits per heavy atom. The molecule has 0 rings (SSSR count). The number of carbonyl (C=O) groups is 1. The molecule has 0 spiro atoms. The number of ether oxygens (including phenoxy) is 1. The van der Waals surface area contributed by atoms with Crippen LogP contribution in [0.5, 0.6) is 0 Å². The molecule has 0 amide bonds. The third kappa shape index (κ3) is 3.18. The number of carbonyl (C=O) groups excluding carboxylic acids is 1. The molecule has 0 saturated heterocycles. The molecule has 3 heteroatoms. The highest BCUT2D eigenvalue weighted by Crippen LogP contribution is 2.14. The fourth-order valence-electron chi connectivity index (χ4n) is 0.376. The molecule has 1 unspecified atom stereocenters. The van der Waals surface area contributed by atoms with Crippen molar-refractivity contribution in [3.05, 3.63) is 12.7 Å². The average molecular weight is 157 g/mol. The summed E-state index contributed by atoms with van der Waals surface area (Å²) in [5.74, 6) is -0.393. The smallest absolute Gasteiger partial charge is 0.331 e. The summed E-state index contributed by atoms with van der Waals surface area (Å²) < 4.78 is 4.87. The van der Waals surface area contributed by atoms with Crippen molar-refractivity contribution in [1.82, 2.24) is 0 Å². The molecule has 0 fully saturated rings. The van der Waals surface area contributed by atoms with Crippen LogP contribution >= 0.6 is 0 Å². The Bertz CT molecular complexity index is 161. The summed E-state index contributed by atoms with van der Waals surface area (Å²) >= 11 is 0. The molecule has 2 N–H and O–H groups in total. The molecule has 0 bridgehead atoms. The predicted octanol–water partition coefficient (Wildman–Crippen LogP) is 1.05. The fourth-order valence-corrected chi connectivity index (χ4v) is 0.376. The Balaban J connectivity index is 4.11. The highest BCUT2D eigenvalue weighted by molar-refractivity contribution is 5.81. The van der Waals surface area contributed by atoms with Gasteiger partial charge in [-0.05, 0) is 6.92 Å². The third-order valence-electron chi connectivity index (χ3n) is 1.63. The standard InChI is InChI=1S/C8H15NO2/c1-5-7(10)11-8(4,9)6(2)3/h5-6H,1,9H2,2-4H3. The van der Waals surface area contributed by atoms with Gasteiger partial charge in [0.15, 0.2) is 5.72 Å². The van der Waals surface area contributed by atoms with Crippen LogP contribution in [0.1, 0.15) is 20.8 Å². The van der Waals surface area contributed by atoms with E-state index in [9.17, 15) is 4.79 Å². The fraction of sp³-hybridized carbons (Fsp3) is 0.625. The molecule has 3 nitrogen and oxygen atoms in total. The van der Waals surface area contributed by atoms with Crippen LogP contribution in [-0.2, 0) is 9.53 Å². The Morgan fingerprint density at radius 3 is 2.45 bits per heavy atom. The van der Waals surface area contributed by atoms with E-state index in [1.807, 2.05) is 13.8 Å².